The zero-order valence-electron chi connectivity index (χ0n) is 7.82. The lowest BCUT2D eigenvalue weighted by molar-refractivity contribution is -0.125. The van der Waals surface area contributed by atoms with Crippen LogP contribution < -0.4 is 5.32 Å². The molecule has 1 aromatic heterocycles. The highest BCUT2D eigenvalue weighted by Gasteiger charge is 2.22. The van der Waals surface area contributed by atoms with Gasteiger partial charge in [-0.1, -0.05) is 0 Å². The first kappa shape index (κ1) is 9.21. The molecule has 1 saturated heterocycles. The number of ether oxygens (including phenoxy) is 1. The molecule has 1 atom stereocenters. The SMILES string of the molecule is O=C(NCc1cn[nH]c1)C1CCOC1. The average molecular weight is 195 g/mol. The van der Waals surface area contributed by atoms with Gasteiger partial charge in [-0.15, -0.1) is 0 Å². The van der Waals surface area contributed by atoms with Crippen molar-refractivity contribution in [3.8, 4) is 0 Å². The number of carbonyl (C=O) groups excluding carboxylic acids is 1. The van der Waals surface area contributed by atoms with Crippen molar-refractivity contribution in [1.82, 2.24) is 15.5 Å². The number of nitrogens with one attached hydrogen (secondary N) is 2. The highest BCUT2D eigenvalue weighted by molar-refractivity contribution is 5.78. The minimum absolute atomic E-state index is 0.0295. The van der Waals surface area contributed by atoms with Gasteiger partial charge in [0, 0.05) is 24.9 Å². The normalized spacial score (nSPS) is 21.0. The Hall–Kier alpha value is -1.36. The van der Waals surface area contributed by atoms with E-state index in [2.05, 4.69) is 15.5 Å². The number of rotatable bonds is 3. The number of H-pyrrole nitrogens is 1. The van der Waals surface area contributed by atoms with Crippen LogP contribution in [0, 0.1) is 5.92 Å². The molecule has 1 unspecified atom stereocenters. The number of aromatic amines is 1. The quantitative estimate of drug-likeness (QED) is 0.716. The lowest BCUT2D eigenvalue weighted by Gasteiger charge is -2.07. The molecule has 0 aromatic carbocycles. The van der Waals surface area contributed by atoms with Crippen molar-refractivity contribution < 1.29 is 9.53 Å². The first-order valence-corrected chi connectivity index (χ1v) is 4.69. The van der Waals surface area contributed by atoms with E-state index in [1.165, 1.54) is 0 Å². The van der Waals surface area contributed by atoms with Crippen molar-refractivity contribution in [3.63, 3.8) is 0 Å². The molecule has 14 heavy (non-hydrogen) atoms. The summed E-state index contributed by atoms with van der Waals surface area (Å²) in [6.07, 6.45) is 4.30. The molecule has 1 fully saturated rings. The van der Waals surface area contributed by atoms with E-state index < -0.39 is 0 Å². The maximum Gasteiger partial charge on any atom is 0.225 e. The van der Waals surface area contributed by atoms with E-state index in [1.54, 1.807) is 12.4 Å². The van der Waals surface area contributed by atoms with Gasteiger partial charge in [0.05, 0.1) is 18.7 Å². The first-order valence-electron chi connectivity index (χ1n) is 4.69. The molecule has 2 heterocycles. The Labute approximate surface area is 81.8 Å². The van der Waals surface area contributed by atoms with E-state index >= 15 is 0 Å². The van der Waals surface area contributed by atoms with Gasteiger partial charge in [-0.2, -0.15) is 5.10 Å². The Kier molecular flexibility index (Phi) is 2.78. The minimum Gasteiger partial charge on any atom is -0.381 e. The predicted octanol–water partition coefficient (Wildman–Crippen LogP) is 0.0624. The largest absolute Gasteiger partial charge is 0.381 e. The molecule has 0 radical (unpaired) electrons. The summed E-state index contributed by atoms with van der Waals surface area (Å²) in [5.74, 6) is 0.102. The standard InChI is InChI=1S/C9H13N3O2/c13-9(8-1-2-14-6-8)10-3-7-4-11-12-5-7/h4-5,8H,1-3,6H2,(H,10,13)(H,11,12). The molecule has 1 amide bonds. The fraction of sp³-hybridized carbons (Fsp3) is 0.556. The van der Waals surface area contributed by atoms with E-state index in [4.69, 9.17) is 4.74 Å². The van der Waals surface area contributed by atoms with Gasteiger partial charge in [0.1, 0.15) is 0 Å². The number of hydrogen-bond donors (Lipinski definition) is 2. The number of aromatic nitrogens is 2. The molecule has 1 aliphatic heterocycles. The van der Waals surface area contributed by atoms with E-state index in [-0.39, 0.29) is 11.8 Å². The third kappa shape index (κ3) is 2.11. The molecule has 2 rings (SSSR count). The summed E-state index contributed by atoms with van der Waals surface area (Å²) in [4.78, 5) is 11.5. The van der Waals surface area contributed by atoms with Gasteiger partial charge in [0.15, 0.2) is 0 Å². The summed E-state index contributed by atoms with van der Waals surface area (Å²) in [6.45, 7) is 1.78. The predicted molar refractivity (Wildman–Crippen MR) is 49.4 cm³/mol. The third-order valence-corrected chi connectivity index (χ3v) is 2.32. The Balaban J connectivity index is 1.77. The van der Waals surface area contributed by atoms with Gasteiger partial charge >= 0.3 is 0 Å². The van der Waals surface area contributed by atoms with Crippen molar-refractivity contribution in [1.29, 1.82) is 0 Å². The highest BCUT2D eigenvalue weighted by Crippen LogP contribution is 2.12. The highest BCUT2D eigenvalue weighted by atomic mass is 16.5. The van der Waals surface area contributed by atoms with Crippen molar-refractivity contribution >= 4 is 5.91 Å². The summed E-state index contributed by atoms with van der Waals surface area (Å²) in [7, 11) is 0. The monoisotopic (exact) mass is 195 g/mol. The fourth-order valence-electron chi connectivity index (χ4n) is 1.45. The second-order valence-electron chi connectivity index (χ2n) is 3.38. The molecular weight excluding hydrogens is 182 g/mol. The summed E-state index contributed by atoms with van der Waals surface area (Å²) >= 11 is 0. The van der Waals surface area contributed by atoms with Crippen LogP contribution in [0.3, 0.4) is 0 Å². The minimum atomic E-state index is 0.0295. The molecule has 76 valence electrons. The van der Waals surface area contributed by atoms with E-state index in [9.17, 15) is 4.79 Å². The average Bonchev–Trinajstić information content (AvgIpc) is 2.87. The summed E-state index contributed by atoms with van der Waals surface area (Å²) in [5.41, 5.74) is 0.984. The molecule has 0 saturated carbocycles. The molecule has 1 aliphatic rings. The summed E-state index contributed by atoms with van der Waals surface area (Å²) in [6, 6.07) is 0. The molecule has 0 spiro atoms. The number of nitrogens with zero attached hydrogens (tertiary/aromatic N) is 1. The molecular formula is C9H13N3O2. The number of amides is 1. The van der Waals surface area contributed by atoms with Crippen molar-refractivity contribution in [2.45, 2.75) is 13.0 Å². The maximum absolute atomic E-state index is 11.5. The van der Waals surface area contributed by atoms with Crippen LogP contribution in [-0.4, -0.2) is 29.3 Å². The molecule has 5 nitrogen and oxygen atoms in total. The van der Waals surface area contributed by atoms with Crippen LogP contribution >= 0.6 is 0 Å². The number of hydrogen-bond acceptors (Lipinski definition) is 3. The summed E-state index contributed by atoms with van der Waals surface area (Å²) < 4.78 is 5.14. The van der Waals surface area contributed by atoms with Gasteiger partial charge in [0.25, 0.3) is 0 Å². The number of carbonyl (C=O) groups is 1. The van der Waals surface area contributed by atoms with Crippen molar-refractivity contribution in [2.75, 3.05) is 13.2 Å². The smallest absolute Gasteiger partial charge is 0.225 e. The van der Waals surface area contributed by atoms with E-state index in [0.29, 0.717) is 19.8 Å². The topological polar surface area (TPSA) is 67.0 Å². The molecule has 0 aliphatic carbocycles. The van der Waals surface area contributed by atoms with Crippen LogP contribution in [0.25, 0.3) is 0 Å². The Morgan fingerprint density at radius 2 is 2.71 bits per heavy atom. The van der Waals surface area contributed by atoms with Gasteiger partial charge in [-0.05, 0) is 6.42 Å². The maximum atomic E-state index is 11.5. The lowest BCUT2D eigenvalue weighted by Crippen LogP contribution is -2.30. The second kappa shape index (κ2) is 4.23. The van der Waals surface area contributed by atoms with Crippen LogP contribution in [0.2, 0.25) is 0 Å². The van der Waals surface area contributed by atoms with Crippen LogP contribution in [-0.2, 0) is 16.1 Å². The summed E-state index contributed by atoms with van der Waals surface area (Å²) in [5, 5.41) is 9.34. The third-order valence-electron chi connectivity index (χ3n) is 2.32. The van der Waals surface area contributed by atoms with E-state index in [1.807, 2.05) is 0 Å². The van der Waals surface area contributed by atoms with Crippen molar-refractivity contribution in [2.24, 2.45) is 5.92 Å². The molecule has 1 aromatic rings. The fourth-order valence-corrected chi connectivity index (χ4v) is 1.45. The van der Waals surface area contributed by atoms with Gasteiger partial charge in [0.2, 0.25) is 5.91 Å². The van der Waals surface area contributed by atoms with Crippen LogP contribution in [0.5, 0.6) is 0 Å². The van der Waals surface area contributed by atoms with Gasteiger partial charge < -0.3 is 10.1 Å². The van der Waals surface area contributed by atoms with Gasteiger partial charge in [-0.25, -0.2) is 0 Å². The Morgan fingerprint density at radius 1 is 1.79 bits per heavy atom. The lowest BCUT2D eigenvalue weighted by atomic mass is 10.1. The first-order chi connectivity index (χ1) is 6.86. The molecule has 0 bridgehead atoms. The van der Waals surface area contributed by atoms with Crippen LogP contribution in [0.4, 0.5) is 0 Å². The van der Waals surface area contributed by atoms with Crippen molar-refractivity contribution in [3.05, 3.63) is 18.0 Å². The van der Waals surface area contributed by atoms with Crippen LogP contribution in [0.15, 0.2) is 12.4 Å². The Bertz CT molecular complexity index is 291. The Morgan fingerprint density at radius 3 is 3.36 bits per heavy atom. The van der Waals surface area contributed by atoms with Crippen LogP contribution in [0.1, 0.15) is 12.0 Å². The second-order valence-corrected chi connectivity index (χ2v) is 3.38. The zero-order valence-corrected chi connectivity index (χ0v) is 7.82. The van der Waals surface area contributed by atoms with E-state index in [0.717, 1.165) is 12.0 Å². The molecule has 5 heteroatoms. The zero-order chi connectivity index (χ0) is 9.80. The van der Waals surface area contributed by atoms with Gasteiger partial charge in [-0.3, -0.25) is 9.89 Å². The molecule has 2 N–H and O–H groups in total.